The van der Waals surface area contributed by atoms with Gasteiger partial charge in [-0.1, -0.05) is 18.2 Å². The number of nitrogens with two attached hydrogens (primary N) is 3. The molecule has 107 valence electrons. The Morgan fingerprint density at radius 2 is 1.29 bits per heavy atom. The molecule has 0 spiro atoms. The van der Waals surface area contributed by atoms with Gasteiger partial charge in [-0.25, -0.2) is 4.99 Å². The van der Waals surface area contributed by atoms with E-state index >= 15 is 0 Å². The summed E-state index contributed by atoms with van der Waals surface area (Å²) in [5.74, 6) is -0.0524. The average Bonchev–Trinajstić information content (AvgIpc) is 2.45. The monoisotopic (exact) mass is 390 g/mol. The quantitative estimate of drug-likeness (QED) is 0.0806. The fourth-order valence-corrected chi connectivity index (χ4v) is 0.792. The molecule has 0 aliphatic heterocycles. The van der Waals surface area contributed by atoms with E-state index in [-0.39, 0.29) is 115 Å². The van der Waals surface area contributed by atoms with Crippen molar-refractivity contribution in [1.29, 1.82) is 0 Å². The van der Waals surface area contributed by atoms with Crippen molar-refractivity contribution in [1.82, 2.24) is 0 Å². The van der Waals surface area contributed by atoms with Crippen molar-refractivity contribution < 1.29 is 145 Å². The number of nitrogens with zero attached hydrogens (tertiary/aromatic N) is 2. The average molecular weight is 390 g/mol. The van der Waals surface area contributed by atoms with Gasteiger partial charge in [-0.15, -0.1) is 0 Å². The number of hydrogen-bond acceptors (Lipinski definition) is 6. The Morgan fingerprint density at radius 3 is 1.62 bits per heavy atom. The molecule has 0 unspecified atom stereocenters. The van der Waals surface area contributed by atoms with Gasteiger partial charge in [-0.05, 0) is 12.1 Å². The standard InChI is InChI=1S/C8H11N5.2K.2H2O2.O.V/c9-7(10)13-8(11)12-6-4-2-1-3-5-6;;;2*1-2;;/h1-5H,(H6,9,10,11,12,13);;;2*1-2H;;/q;2*+1;;;;. The van der Waals surface area contributed by atoms with E-state index in [0.717, 1.165) is 17.4 Å². The van der Waals surface area contributed by atoms with E-state index in [4.69, 9.17) is 41.9 Å². The van der Waals surface area contributed by atoms with Crippen LogP contribution in [0.15, 0.2) is 40.3 Å². The summed E-state index contributed by atoms with van der Waals surface area (Å²) < 4.78 is 8.19. The Hall–Kier alpha value is 1.46. The molecule has 0 bridgehead atoms. The number of aliphatic imine (C=N–C) groups is 2. The number of rotatable bonds is 1. The van der Waals surface area contributed by atoms with E-state index in [0.29, 0.717) is 5.69 Å². The first-order chi connectivity index (χ1) is 9.18. The molecule has 0 aliphatic rings. The molecule has 1 aromatic rings. The van der Waals surface area contributed by atoms with Gasteiger partial charge in [0.15, 0.2) is 5.96 Å². The SMILES string of the molecule is NC(N)=NC(N)=Nc1ccccc1.OO.OO.[K+].[K+].[O]=[V]. The van der Waals surface area contributed by atoms with Crippen LogP contribution in [0.4, 0.5) is 5.69 Å². The summed E-state index contributed by atoms with van der Waals surface area (Å²) >= 11 is 1.06. The van der Waals surface area contributed by atoms with Gasteiger partial charge in [-0.2, -0.15) is 4.99 Å². The van der Waals surface area contributed by atoms with Gasteiger partial charge in [0.2, 0.25) is 5.96 Å². The van der Waals surface area contributed by atoms with Gasteiger partial charge in [0.1, 0.15) is 0 Å². The predicted octanol–water partition coefficient (Wildman–Crippen LogP) is -6.17. The number of benzene rings is 1. The third-order valence-electron chi connectivity index (χ3n) is 1.24. The summed E-state index contributed by atoms with van der Waals surface area (Å²) in [5.41, 5.74) is 16.3. The maximum absolute atomic E-state index is 8.19. The van der Waals surface area contributed by atoms with Crippen molar-refractivity contribution in [2.45, 2.75) is 0 Å². The van der Waals surface area contributed by atoms with Crippen LogP contribution in [-0.2, 0) is 21.0 Å². The summed E-state index contributed by atoms with van der Waals surface area (Å²) in [6, 6.07) is 9.18. The molecule has 21 heavy (non-hydrogen) atoms. The molecular formula is C8H15K2N5O5V+2. The number of hydrogen-bond donors (Lipinski definition) is 7. The molecule has 13 heteroatoms. The Morgan fingerprint density at radius 1 is 0.905 bits per heavy atom. The molecule has 0 atom stereocenters. The molecule has 10 N–H and O–H groups in total. The molecule has 1 rings (SSSR count). The topological polar surface area (TPSA) is 201 Å². The Balaban J connectivity index is -0.0000000951. The Kier molecular flexibility index (Phi) is 47.6. The van der Waals surface area contributed by atoms with Gasteiger partial charge in [-0.3, -0.25) is 21.0 Å². The molecule has 0 radical (unpaired) electrons. The fraction of sp³-hybridized carbons (Fsp3) is 0. The van der Waals surface area contributed by atoms with E-state index < -0.39 is 0 Å². The minimum atomic E-state index is -0.0998. The maximum atomic E-state index is 8.19. The van der Waals surface area contributed by atoms with Crippen molar-refractivity contribution in [2.75, 3.05) is 0 Å². The molecule has 1 aromatic carbocycles. The molecule has 0 fully saturated rings. The minimum absolute atomic E-state index is 0. The zero-order valence-corrected chi connectivity index (χ0v) is 19.3. The first-order valence-corrected chi connectivity index (χ1v) is 4.82. The van der Waals surface area contributed by atoms with Crippen molar-refractivity contribution in [3.05, 3.63) is 30.3 Å². The summed E-state index contributed by atoms with van der Waals surface area (Å²) in [7, 11) is 0. The predicted molar refractivity (Wildman–Crippen MR) is 64.7 cm³/mol. The van der Waals surface area contributed by atoms with Crippen molar-refractivity contribution in [3.8, 4) is 0 Å². The number of para-hydroxylation sites is 1. The van der Waals surface area contributed by atoms with Gasteiger partial charge in [0.05, 0.1) is 5.69 Å². The molecule has 0 heterocycles. The van der Waals surface area contributed by atoms with Crippen molar-refractivity contribution in [2.24, 2.45) is 27.2 Å². The molecule has 0 saturated heterocycles. The molecule has 0 amide bonds. The summed E-state index contributed by atoms with van der Waals surface area (Å²) in [6.45, 7) is 0. The third kappa shape index (κ3) is 26.7. The second kappa shape index (κ2) is 29.5. The zero-order chi connectivity index (χ0) is 15.7. The molecule has 0 saturated carbocycles. The second-order valence-electron chi connectivity index (χ2n) is 2.34. The van der Waals surface area contributed by atoms with Crippen LogP contribution in [0.25, 0.3) is 0 Å². The Bertz CT molecular complexity index is 367. The number of guanidine groups is 2. The third-order valence-corrected chi connectivity index (χ3v) is 1.24. The first kappa shape index (κ1) is 33.9. The van der Waals surface area contributed by atoms with Gasteiger partial charge in [0, 0.05) is 0 Å². The van der Waals surface area contributed by atoms with E-state index in [1.807, 2.05) is 18.2 Å². The van der Waals surface area contributed by atoms with Crippen LogP contribution in [0, 0.1) is 0 Å². The molecule has 0 aliphatic carbocycles. The first-order valence-electron chi connectivity index (χ1n) is 4.25. The normalized spacial score (nSPS) is 7.48. The Labute approximate surface area is 215 Å². The zero-order valence-electron chi connectivity index (χ0n) is 11.7. The summed E-state index contributed by atoms with van der Waals surface area (Å²) in [6.07, 6.45) is 0. The van der Waals surface area contributed by atoms with Crippen LogP contribution in [0.1, 0.15) is 0 Å². The molecule has 10 nitrogen and oxygen atoms in total. The van der Waals surface area contributed by atoms with Crippen LogP contribution in [0.3, 0.4) is 0 Å². The summed E-state index contributed by atoms with van der Waals surface area (Å²) in [4.78, 5) is 7.52. The second-order valence-corrected chi connectivity index (χ2v) is 2.34. The van der Waals surface area contributed by atoms with E-state index in [9.17, 15) is 0 Å². The van der Waals surface area contributed by atoms with Crippen molar-refractivity contribution in [3.63, 3.8) is 0 Å². The fourth-order valence-electron chi connectivity index (χ4n) is 0.792. The van der Waals surface area contributed by atoms with Crippen molar-refractivity contribution >= 4 is 17.6 Å². The van der Waals surface area contributed by atoms with E-state index in [2.05, 4.69) is 9.98 Å². The van der Waals surface area contributed by atoms with Crippen LogP contribution in [-0.4, -0.2) is 32.9 Å². The van der Waals surface area contributed by atoms with Gasteiger partial charge in [0.25, 0.3) is 0 Å². The van der Waals surface area contributed by atoms with Crippen LogP contribution in [0.5, 0.6) is 0 Å². The van der Waals surface area contributed by atoms with E-state index in [1.165, 1.54) is 0 Å². The van der Waals surface area contributed by atoms with Gasteiger partial charge >= 0.3 is 124 Å². The van der Waals surface area contributed by atoms with Crippen LogP contribution in [0.2, 0.25) is 0 Å². The van der Waals surface area contributed by atoms with Crippen LogP contribution >= 0.6 is 0 Å². The summed E-state index contributed by atoms with van der Waals surface area (Å²) in [5, 5.41) is 24.0. The molecular weight excluding hydrogens is 375 g/mol. The van der Waals surface area contributed by atoms with Gasteiger partial charge < -0.3 is 17.2 Å². The van der Waals surface area contributed by atoms with Crippen LogP contribution < -0.4 is 120 Å². The van der Waals surface area contributed by atoms with E-state index in [1.54, 1.807) is 12.1 Å². The molecule has 0 aromatic heterocycles.